The molecule has 0 bridgehead atoms. The largest absolute Gasteiger partial charge is 0.471 e. The van der Waals surface area contributed by atoms with Crippen LogP contribution in [-0.2, 0) is 16.0 Å². The van der Waals surface area contributed by atoms with Crippen molar-refractivity contribution >= 4 is 12.0 Å². The maximum Gasteiger partial charge on any atom is 0.471 e. The SMILES string of the molecule is CCCCOC(=O)NCNCC[C@H](Cc1ccccc1)NC(=O)C(F)(F)F. The van der Waals surface area contributed by atoms with Crippen LogP contribution in [0.5, 0.6) is 0 Å². The molecule has 0 aliphatic rings. The van der Waals surface area contributed by atoms with Gasteiger partial charge in [-0.05, 0) is 31.4 Å². The lowest BCUT2D eigenvalue weighted by Gasteiger charge is -2.20. The Morgan fingerprint density at radius 3 is 2.52 bits per heavy atom. The first-order valence-corrected chi connectivity index (χ1v) is 8.86. The molecule has 27 heavy (non-hydrogen) atoms. The average Bonchev–Trinajstić information content (AvgIpc) is 2.61. The van der Waals surface area contributed by atoms with Gasteiger partial charge in [0, 0.05) is 6.04 Å². The molecule has 0 aliphatic carbocycles. The highest BCUT2D eigenvalue weighted by atomic mass is 19.4. The van der Waals surface area contributed by atoms with Crippen LogP contribution in [0, 0.1) is 0 Å². The molecule has 0 saturated carbocycles. The monoisotopic (exact) mass is 389 g/mol. The van der Waals surface area contributed by atoms with Crippen LogP contribution in [0.1, 0.15) is 31.7 Å². The molecule has 1 aromatic carbocycles. The summed E-state index contributed by atoms with van der Waals surface area (Å²) in [5.74, 6) is -1.96. The van der Waals surface area contributed by atoms with Crippen LogP contribution in [0.4, 0.5) is 18.0 Å². The predicted molar refractivity (Wildman–Crippen MR) is 95.0 cm³/mol. The Morgan fingerprint density at radius 1 is 1.19 bits per heavy atom. The van der Waals surface area contributed by atoms with Gasteiger partial charge in [-0.2, -0.15) is 13.2 Å². The van der Waals surface area contributed by atoms with Crippen LogP contribution in [0.15, 0.2) is 30.3 Å². The van der Waals surface area contributed by atoms with E-state index in [1.807, 2.05) is 12.2 Å². The number of benzene rings is 1. The quantitative estimate of drug-likeness (QED) is 0.402. The summed E-state index contributed by atoms with van der Waals surface area (Å²) in [6.45, 7) is 2.75. The van der Waals surface area contributed by atoms with Crippen LogP contribution < -0.4 is 16.0 Å². The maximum absolute atomic E-state index is 12.5. The number of halogens is 3. The number of alkyl halides is 3. The summed E-state index contributed by atoms with van der Waals surface area (Å²) in [6.07, 6.45) is -3.24. The summed E-state index contributed by atoms with van der Waals surface area (Å²) in [6, 6.07) is 8.25. The van der Waals surface area contributed by atoms with Gasteiger partial charge in [0.25, 0.3) is 0 Å². The number of amides is 2. The fraction of sp³-hybridized carbons (Fsp3) is 0.556. The van der Waals surface area contributed by atoms with Crippen molar-refractivity contribution in [3.05, 3.63) is 35.9 Å². The van der Waals surface area contributed by atoms with Crippen molar-refractivity contribution < 1.29 is 27.5 Å². The zero-order chi connectivity index (χ0) is 20.1. The molecule has 3 N–H and O–H groups in total. The summed E-state index contributed by atoms with van der Waals surface area (Å²) >= 11 is 0. The van der Waals surface area contributed by atoms with Crippen LogP contribution in [0.2, 0.25) is 0 Å². The van der Waals surface area contributed by atoms with Gasteiger partial charge in [0.05, 0.1) is 13.3 Å². The molecule has 1 atom stereocenters. The van der Waals surface area contributed by atoms with E-state index in [4.69, 9.17) is 4.74 Å². The highest BCUT2D eigenvalue weighted by molar-refractivity contribution is 5.81. The van der Waals surface area contributed by atoms with Gasteiger partial charge in [-0.25, -0.2) is 4.79 Å². The van der Waals surface area contributed by atoms with Crippen molar-refractivity contribution in [2.75, 3.05) is 19.8 Å². The smallest absolute Gasteiger partial charge is 0.450 e. The first-order chi connectivity index (χ1) is 12.8. The maximum atomic E-state index is 12.5. The van der Waals surface area contributed by atoms with Gasteiger partial charge < -0.3 is 15.4 Å². The molecule has 1 aromatic rings. The minimum absolute atomic E-state index is 0.121. The lowest BCUT2D eigenvalue weighted by molar-refractivity contribution is -0.174. The number of hydrogen-bond acceptors (Lipinski definition) is 4. The van der Waals surface area contributed by atoms with Crippen molar-refractivity contribution in [1.29, 1.82) is 0 Å². The van der Waals surface area contributed by atoms with E-state index < -0.39 is 24.2 Å². The van der Waals surface area contributed by atoms with E-state index in [9.17, 15) is 22.8 Å². The molecule has 1 rings (SSSR count). The van der Waals surface area contributed by atoms with E-state index in [-0.39, 0.29) is 19.5 Å². The van der Waals surface area contributed by atoms with Gasteiger partial charge in [-0.1, -0.05) is 43.7 Å². The lowest BCUT2D eigenvalue weighted by atomic mass is 10.0. The number of nitrogens with one attached hydrogen (secondary N) is 3. The van der Waals surface area contributed by atoms with Gasteiger partial charge in [0.15, 0.2) is 0 Å². The summed E-state index contributed by atoms with van der Waals surface area (Å²) in [5.41, 5.74) is 0.822. The number of alkyl carbamates (subject to hydrolysis) is 1. The van der Waals surface area contributed by atoms with Crippen molar-refractivity contribution in [2.45, 2.75) is 44.8 Å². The Hall–Kier alpha value is -2.29. The molecule has 0 aliphatic heterocycles. The Kier molecular flexibility index (Phi) is 10.2. The summed E-state index contributed by atoms with van der Waals surface area (Å²) in [7, 11) is 0. The summed E-state index contributed by atoms with van der Waals surface area (Å²) in [4.78, 5) is 22.6. The van der Waals surface area contributed by atoms with Gasteiger partial charge in [0.2, 0.25) is 0 Å². The van der Waals surface area contributed by atoms with E-state index in [1.54, 1.807) is 30.3 Å². The molecule has 152 valence electrons. The minimum atomic E-state index is -4.92. The number of rotatable bonds is 11. The fourth-order valence-corrected chi connectivity index (χ4v) is 2.25. The Morgan fingerprint density at radius 2 is 1.89 bits per heavy atom. The van der Waals surface area contributed by atoms with Crippen molar-refractivity contribution in [3.8, 4) is 0 Å². The topological polar surface area (TPSA) is 79.5 Å². The van der Waals surface area contributed by atoms with Crippen LogP contribution >= 0.6 is 0 Å². The second-order valence-electron chi connectivity index (χ2n) is 5.99. The first-order valence-electron chi connectivity index (χ1n) is 8.86. The summed E-state index contributed by atoms with van der Waals surface area (Å²) in [5, 5.41) is 7.40. The van der Waals surface area contributed by atoms with E-state index in [2.05, 4.69) is 10.6 Å². The minimum Gasteiger partial charge on any atom is -0.450 e. The number of unbranched alkanes of at least 4 members (excludes halogenated alkanes) is 1. The predicted octanol–water partition coefficient (Wildman–Crippen LogP) is 2.74. The Labute approximate surface area is 156 Å². The molecule has 0 heterocycles. The Bertz CT molecular complexity index is 568. The molecule has 0 radical (unpaired) electrons. The van der Waals surface area contributed by atoms with Crippen LogP contribution in [0.25, 0.3) is 0 Å². The molecule has 0 aromatic heterocycles. The van der Waals surface area contributed by atoms with Crippen molar-refractivity contribution in [3.63, 3.8) is 0 Å². The normalized spacial score (nSPS) is 12.3. The van der Waals surface area contributed by atoms with Crippen molar-refractivity contribution in [2.24, 2.45) is 0 Å². The number of ether oxygens (including phenoxy) is 1. The Balaban J connectivity index is 2.40. The third-order valence-electron chi connectivity index (χ3n) is 3.68. The van der Waals surface area contributed by atoms with Gasteiger partial charge >= 0.3 is 18.2 Å². The fourth-order valence-electron chi connectivity index (χ4n) is 2.25. The molecule has 9 heteroatoms. The number of carbonyl (C=O) groups is 2. The second kappa shape index (κ2) is 12.2. The molecular weight excluding hydrogens is 363 g/mol. The lowest BCUT2D eigenvalue weighted by Crippen LogP contribution is -2.45. The average molecular weight is 389 g/mol. The van der Waals surface area contributed by atoms with E-state index in [0.717, 1.165) is 18.4 Å². The van der Waals surface area contributed by atoms with E-state index in [1.165, 1.54) is 0 Å². The molecule has 0 saturated heterocycles. The molecule has 0 spiro atoms. The number of carbonyl (C=O) groups excluding carboxylic acids is 2. The molecule has 0 unspecified atom stereocenters. The standard InChI is InChI=1S/C18H26F3N3O3/c1-2-3-11-27-17(26)23-13-22-10-9-15(24-16(25)18(19,20)21)12-14-7-5-4-6-8-14/h4-8,15,22H,2-3,9-13H2,1H3,(H,23,26)(H,24,25)/t15-/m1/s1. The van der Waals surface area contributed by atoms with Gasteiger partial charge in [-0.15, -0.1) is 0 Å². The summed E-state index contributed by atoms with van der Waals surface area (Å²) < 4.78 is 42.5. The molecule has 6 nitrogen and oxygen atoms in total. The molecule has 2 amide bonds. The highest BCUT2D eigenvalue weighted by Gasteiger charge is 2.39. The van der Waals surface area contributed by atoms with Crippen LogP contribution in [0.3, 0.4) is 0 Å². The van der Waals surface area contributed by atoms with E-state index in [0.29, 0.717) is 13.2 Å². The third-order valence-corrected chi connectivity index (χ3v) is 3.68. The van der Waals surface area contributed by atoms with Gasteiger partial charge in [-0.3, -0.25) is 10.1 Å². The third kappa shape index (κ3) is 10.4. The van der Waals surface area contributed by atoms with Crippen LogP contribution in [-0.4, -0.2) is 44.0 Å². The number of hydrogen-bond donors (Lipinski definition) is 3. The second-order valence-corrected chi connectivity index (χ2v) is 5.99. The highest BCUT2D eigenvalue weighted by Crippen LogP contribution is 2.15. The zero-order valence-electron chi connectivity index (χ0n) is 15.3. The van der Waals surface area contributed by atoms with Crippen molar-refractivity contribution in [1.82, 2.24) is 16.0 Å². The molecule has 0 fully saturated rings. The zero-order valence-corrected chi connectivity index (χ0v) is 15.3. The van der Waals surface area contributed by atoms with Gasteiger partial charge in [0.1, 0.15) is 0 Å². The van der Waals surface area contributed by atoms with E-state index >= 15 is 0 Å². The molecular formula is C18H26F3N3O3. The first kappa shape index (κ1) is 22.8.